The number of carbonyl (C=O) groups is 3. The summed E-state index contributed by atoms with van der Waals surface area (Å²) in [6.07, 6.45) is -0.0549. The van der Waals surface area contributed by atoms with E-state index < -0.39 is 11.8 Å². The third kappa shape index (κ3) is 5.60. The monoisotopic (exact) mass is 373 g/mol. The lowest BCUT2D eigenvalue weighted by molar-refractivity contribution is -0.124. The summed E-state index contributed by atoms with van der Waals surface area (Å²) in [5.41, 5.74) is 7.50. The predicted octanol–water partition coefficient (Wildman–Crippen LogP) is 3.14. The lowest BCUT2D eigenvalue weighted by Gasteiger charge is -2.10. The van der Waals surface area contributed by atoms with Crippen LogP contribution in [0.5, 0.6) is 0 Å². The van der Waals surface area contributed by atoms with Crippen LogP contribution in [0.15, 0.2) is 42.5 Å². The Labute approximate surface area is 156 Å². The van der Waals surface area contributed by atoms with Crippen molar-refractivity contribution in [2.45, 2.75) is 26.7 Å². The summed E-state index contributed by atoms with van der Waals surface area (Å²) in [5, 5.41) is 3.07. The van der Waals surface area contributed by atoms with Gasteiger partial charge in [0.2, 0.25) is 11.8 Å². The second kappa shape index (κ2) is 9.01. The van der Waals surface area contributed by atoms with Crippen molar-refractivity contribution < 1.29 is 14.4 Å². The summed E-state index contributed by atoms with van der Waals surface area (Å²) in [7, 11) is 0. The van der Waals surface area contributed by atoms with E-state index in [1.165, 1.54) is 0 Å². The minimum Gasteiger partial charge on any atom is -0.326 e. The molecule has 0 bridgehead atoms. The quantitative estimate of drug-likeness (QED) is 0.703. The van der Waals surface area contributed by atoms with Crippen LogP contribution in [0.3, 0.4) is 0 Å². The van der Waals surface area contributed by atoms with Crippen molar-refractivity contribution >= 4 is 35.0 Å². The Morgan fingerprint density at radius 1 is 0.923 bits per heavy atom. The summed E-state index contributed by atoms with van der Waals surface area (Å²) in [6, 6.07) is 12.2. The number of halogens is 1. The number of aryl methyl sites for hydroxylation is 2. The third-order valence-electron chi connectivity index (χ3n) is 3.68. The number of hydrogen-bond acceptors (Lipinski definition) is 3. The summed E-state index contributed by atoms with van der Waals surface area (Å²) in [5.74, 6) is -1.27. The van der Waals surface area contributed by atoms with Gasteiger partial charge < -0.3 is 5.32 Å². The SMILES string of the molecule is Cc1ccc(C)c(NC(=O)CCC(=O)NNC(=O)c2ccccc2Cl)c1. The standard InChI is InChI=1S/C19H20ClN3O3/c1-12-7-8-13(2)16(11-12)21-17(24)9-10-18(25)22-23-19(26)14-5-3-4-6-15(14)20/h3-8,11H,9-10H2,1-2H3,(H,21,24)(H,22,25)(H,23,26). The van der Waals surface area contributed by atoms with Gasteiger partial charge in [-0.3, -0.25) is 25.2 Å². The van der Waals surface area contributed by atoms with E-state index in [0.717, 1.165) is 16.8 Å². The molecule has 7 heteroatoms. The first-order chi connectivity index (χ1) is 12.4. The lowest BCUT2D eigenvalue weighted by atomic mass is 10.1. The van der Waals surface area contributed by atoms with Crippen LogP contribution in [0.25, 0.3) is 0 Å². The fourth-order valence-electron chi connectivity index (χ4n) is 2.21. The first-order valence-electron chi connectivity index (χ1n) is 8.07. The van der Waals surface area contributed by atoms with Crippen molar-refractivity contribution in [3.05, 3.63) is 64.2 Å². The average Bonchev–Trinajstić information content (AvgIpc) is 2.61. The van der Waals surface area contributed by atoms with Gasteiger partial charge >= 0.3 is 0 Å². The van der Waals surface area contributed by atoms with Crippen LogP contribution in [0.2, 0.25) is 5.02 Å². The smallest absolute Gasteiger partial charge is 0.271 e. The minimum absolute atomic E-state index is 0.00117. The second-order valence-electron chi connectivity index (χ2n) is 5.85. The summed E-state index contributed by atoms with van der Waals surface area (Å²) in [4.78, 5) is 35.7. The molecule has 0 atom stereocenters. The molecule has 0 radical (unpaired) electrons. The van der Waals surface area contributed by atoms with Gasteiger partial charge in [0.15, 0.2) is 0 Å². The van der Waals surface area contributed by atoms with Gasteiger partial charge in [-0.25, -0.2) is 0 Å². The van der Waals surface area contributed by atoms with Crippen LogP contribution in [0.1, 0.15) is 34.3 Å². The minimum atomic E-state index is -0.524. The molecule has 0 aliphatic carbocycles. The van der Waals surface area contributed by atoms with E-state index in [1.807, 2.05) is 32.0 Å². The molecule has 0 aromatic heterocycles. The Hall–Kier alpha value is -2.86. The molecule has 26 heavy (non-hydrogen) atoms. The zero-order valence-electron chi connectivity index (χ0n) is 14.6. The van der Waals surface area contributed by atoms with E-state index >= 15 is 0 Å². The number of rotatable bonds is 5. The first kappa shape index (κ1) is 19.5. The molecule has 0 unspecified atom stereocenters. The molecule has 2 rings (SSSR count). The maximum atomic E-state index is 12.0. The van der Waals surface area contributed by atoms with Crippen molar-refractivity contribution in [3.8, 4) is 0 Å². The fourth-order valence-corrected chi connectivity index (χ4v) is 2.43. The highest BCUT2D eigenvalue weighted by Gasteiger charge is 2.12. The van der Waals surface area contributed by atoms with Crippen LogP contribution < -0.4 is 16.2 Å². The largest absolute Gasteiger partial charge is 0.326 e. The van der Waals surface area contributed by atoms with E-state index in [4.69, 9.17) is 11.6 Å². The van der Waals surface area contributed by atoms with E-state index in [-0.39, 0.29) is 29.3 Å². The number of hydrazine groups is 1. The van der Waals surface area contributed by atoms with Crippen LogP contribution in [0, 0.1) is 13.8 Å². The normalized spacial score (nSPS) is 10.1. The van der Waals surface area contributed by atoms with Crippen LogP contribution in [0.4, 0.5) is 5.69 Å². The Morgan fingerprint density at radius 3 is 2.35 bits per heavy atom. The van der Waals surface area contributed by atoms with Gasteiger partial charge in [-0.15, -0.1) is 0 Å². The average molecular weight is 374 g/mol. The Bertz CT molecular complexity index is 837. The molecule has 0 saturated heterocycles. The number of anilines is 1. The lowest BCUT2D eigenvalue weighted by Crippen LogP contribution is -2.41. The summed E-state index contributed by atoms with van der Waals surface area (Å²) in [6.45, 7) is 3.83. The molecule has 2 aromatic rings. The number of amides is 3. The van der Waals surface area contributed by atoms with Gasteiger partial charge in [0.25, 0.3) is 5.91 Å². The van der Waals surface area contributed by atoms with Gasteiger partial charge in [-0.05, 0) is 43.2 Å². The van der Waals surface area contributed by atoms with Crippen LogP contribution in [-0.2, 0) is 9.59 Å². The van der Waals surface area contributed by atoms with Gasteiger partial charge in [0, 0.05) is 18.5 Å². The topological polar surface area (TPSA) is 87.3 Å². The third-order valence-corrected chi connectivity index (χ3v) is 4.01. The van der Waals surface area contributed by atoms with Crippen molar-refractivity contribution in [1.82, 2.24) is 10.9 Å². The highest BCUT2D eigenvalue weighted by atomic mass is 35.5. The molecule has 3 N–H and O–H groups in total. The molecular weight excluding hydrogens is 354 g/mol. The van der Waals surface area contributed by atoms with Gasteiger partial charge in [-0.2, -0.15) is 0 Å². The highest BCUT2D eigenvalue weighted by Crippen LogP contribution is 2.17. The number of carbonyl (C=O) groups excluding carboxylic acids is 3. The van der Waals surface area contributed by atoms with Crippen LogP contribution >= 0.6 is 11.6 Å². The molecule has 0 spiro atoms. The van der Waals surface area contributed by atoms with Gasteiger partial charge in [0.05, 0.1) is 10.6 Å². The number of hydrogen-bond donors (Lipinski definition) is 3. The molecular formula is C19H20ClN3O3. The van der Waals surface area contributed by atoms with Gasteiger partial charge in [-0.1, -0.05) is 35.9 Å². The molecule has 0 saturated carbocycles. The van der Waals surface area contributed by atoms with E-state index in [0.29, 0.717) is 0 Å². The summed E-state index contributed by atoms with van der Waals surface area (Å²) < 4.78 is 0. The molecule has 3 amide bonds. The van der Waals surface area contributed by atoms with Crippen molar-refractivity contribution in [3.63, 3.8) is 0 Å². The zero-order chi connectivity index (χ0) is 19.1. The van der Waals surface area contributed by atoms with E-state index in [9.17, 15) is 14.4 Å². The van der Waals surface area contributed by atoms with Crippen LogP contribution in [-0.4, -0.2) is 17.7 Å². The number of nitrogens with one attached hydrogen (secondary N) is 3. The summed E-state index contributed by atoms with van der Waals surface area (Å²) >= 11 is 5.91. The molecule has 2 aromatic carbocycles. The highest BCUT2D eigenvalue weighted by molar-refractivity contribution is 6.33. The van der Waals surface area contributed by atoms with Gasteiger partial charge in [0.1, 0.15) is 0 Å². The Kier molecular flexibility index (Phi) is 6.74. The first-order valence-corrected chi connectivity index (χ1v) is 8.45. The Morgan fingerprint density at radius 2 is 1.62 bits per heavy atom. The van der Waals surface area contributed by atoms with Crippen molar-refractivity contribution in [2.24, 2.45) is 0 Å². The number of benzene rings is 2. The fraction of sp³-hybridized carbons (Fsp3) is 0.211. The Balaban J connectivity index is 1.78. The molecule has 0 fully saturated rings. The molecule has 0 heterocycles. The molecule has 0 aliphatic rings. The molecule has 6 nitrogen and oxygen atoms in total. The van der Waals surface area contributed by atoms with E-state index in [1.54, 1.807) is 24.3 Å². The maximum Gasteiger partial charge on any atom is 0.271 e. The van der Waals surface area contributed by atoms with E-state index in [2.05, 4.69) is 16.2 Å². The predicted molar refractivity (Wildman–Crippen MR) is 101 cm³/mol. The van der Waals surface area contributed by atoms with Crippen molar-refractivity contribution in [2.75, 3.05) is 5.32 Å². The second-order valence-corrected chi connectivity index (χ2v) is 6.26. The zero-order valence-corrected chi connectivity index (χ0v) is 15.3. The maximum absolute atomic E-state index is 12.0. The molecule has 0 aliphatic heterocycles. The van der Waals surface area contributed by atoms with Crippen molar-refractivity contribution in [1.29, 1.82) is 0 Å². The molecule has 136 valence electrons.